The molecule has 4 unspecified atom stereocenters. The second kappa shape index (κ2) is 14.8. The van der Waals surface area contributed by atoms with Crippen LogP contribution in [0.15, 0.2) is 0 Å². The van der Waals surface area contributed by atoms with Gasteiger partial charge in [-0.2, -0.15) is 0 Å². The minimum Gasteiger partial charge on any atom is -0.469 e. The number of hydrogen-bond donors (Lipinski definition) is 3. The van der Waals surface area contributed by atoms with Crippen LogP contribution < -0.4 is 11.1 Å². The zero-order valence-corrected chi connectivity index (χ0v) is 28.2. The maximum Gasteiger partial charge on any atom is 0.305 e. The molecule has 0 amide bonds. The summed E-state index contributed by atoms with van der Waals surface area (Å²) in [5, 5.41) is 15.7. The van der Waals surface area contributed by atoms with Crippen LogP contribution >= 0.6 is 0 Å². The highest BCUT2D eigenvalue weighted by Crippen LogP contribution is 2.68. The second-order valence-corrected chi connectivity index (χ2v) is 16.1. The first-order chi connectivity index (χ1) is 20.7. The van der Waals surface area contributed by atoms with E-state index in [1.807, 2.05) is 0 Å². The number of methoxy groups -OCH3 is 1. The number of carbonyl (C=O) groups excluding carboxylic acids is 1. The summed E-state index contributed by atoms with van der Waals surface area (Å²) in [5.74, 6) is 3.77. The van der Waals surface area contributed by atoms with E-state index < -0.39 is 0 Å². The van der Waals surface area contributed by atoms with Crippen molar-refractivity contribution in [1.82, 2.24) is 15.1 Å². The van der Waals surface area contributed by atoms with Crippen molar-refractivity contribution in [3.05, 3.63) is 0 Å². The number of nitrogens with two attached hydrogens (primary N) is 1. The van der Waals surface area contributed by atoms with Gasteiger partial charge >= 0.3 is 5.97 Å². The number of piperazine rings is 1. The number of carbonyl (C=O) groups is 1. The van der Waals surface area contributed by atoms with Gasteiger partial charge in [0.2, 0.25) is 0 Å². The summed E-state index contributed by atoms with van der Waals surface area (Å²) in [7, 11) is 1.50. The summed E-state index contributed by atoms with van der Waals surface area (Å²) in [4.78, 5) is 17.1. The largest absolute Gasteiger partial charge is 0.469 e. The number of ether oxygens (including phenoxy) is 1. The maximum absolute atomic E-state index is 11.8. The number of fused-ring (bicyclic) bond motifs is 5. The van der Waals surface area contributed by atoms with Gasteiger partial charge in [-0.1, -0.05) is 20.8 Å². The highest BCUT2D eigenvalue weighted by molar-refractivity contribution is 5.69. The molecule has 0 bridgehead atoms. The summed E-state index contributed by atoms with van der Waals surface area (Å²) >= 11 is 0. The Labute approximate surface area is 263 Å². The second-order valence-electron chi connectivity index (χ2n) is 16.1. The van der Waals surface area contributed by atoms with E-state index in [-0.39, 0.29) is 17.5 Å². The van der Waals surface area contributed by atoms with Crippen LogP contribution in [0.5, 0.6) is 0 Å². The summed E-state index contributed by atoms with van der Waals surface area (Å²) in [6.07, 6.45) is 14.9. The number of unbranched alkanes of at least 4 members (excludes halogenated alkanes) is 1. The molecule has 0 spiro atoms. The number of rotatable bonds is 13. The molecule has 0 aromatic carbocycles. The van der Waals surface area contributed by atoms with Gasteiger partial charge in [-0.15, -0.1) is 0 Å². The lowest BCUT2D eigenvalue weighted by atomic mass is 9.43. The van der Waals surface area contributed by atoms with Crippen LogP contribution in [-0.4, -0.2) is 92.5 Å². The van der Waals surface area contributed by atoms with Gasteiger partial charge in [0, 0.05) is 38.6 Å². The van der Waals surface area contributed by atoms with Gasteiger partial charge in [0.05, 0.1) is 13.2 Å². The molecule has 248 valence electrons. The Morgan fingerprint density at radius 3 is 2.30 bits per heavy atom. The number of hydrogen-bond acceptors (Lipinski definition) is 7. The third-order valence-electron chi connectivity index (χ3n) is 13.9. The molecule has 4 saturated carbocycles. The standard InChI is InChI=1S/C36H66N4O3/c1-26(8-11-34(42)43-4)29-9-10-30-28-25-33(41)32-24-27(12-14-36(32,3)31(28)13-15-35(29,30)2)38-17-7-19-40-22-20-39(21-23-40)18-6-5-16-37/h26-33,38,41H,5-25,37H2,1-4H3/t26?,27-,28?,29+,30?,31?,32+,33+,35+,36+/m0/s1. The molecular formula is C36H66N4O3. The van der Waals surface area contributed by atoms with Gasteiger partial charge in [0.1, 0.15) is 0 Å². The third kappa shape index (κ3) is 7.32. The van der Waals surface area contributed by atoms with Gasteiger partial charge < -0.3 is 30.7 Å². The normalized spacial score (nSPS) is 40.8. The number of aliphatic hydroxyl groups is 1. The van der Waals surface area contributed by atoms with Gasteiger partial charge in [-0.25, -0.2) is 0 Å². The van der Waals surface area contributed by atoms with Crippen molar-refractivity contribution in [2.45, 2.75) is 116 Å². The zero-order chi connectivity index (χ0) is 30.6. The van der Waals surface area contributed by atoms with E-state index in [1.54, 1.807) is 0 Å². The quantitative estimate of drug-likeness (QED) is 0.204. The molecule has 5 aliphatic rings. The molecule has 1 aliphatic heterocycles. The average molecular weight is 603 g/mol. The van der Waals surface area contributed by atoms with Crippen LogP contribution in [-0.2, 0) is 9.53 Å². The molecule has 5 fully saturated rings. The summed E-state index contributed by atoms with van der Waals surface area (Å²) in [6, 6.07) is 0.559. The van der Waals surface area contributed by atoms with Crippen molar-refractivity contribution < 1.29 is 14.6 Å². The Morgan fingerprint density at radius 2 is 1.60 bits per heavy atom. The van der Waals surface area contributed by atoms with Crippen LogP contribution in [0.1, 0.15) is 104 Å². The fourth-order valence-corrected chi connectivity index (χ4v) is 11.4. The number of nitrogens with one attached hydrogen (secondary N) is 1. The molecule has 4 N–H and O–H groups in total. The average Bonchev–Trinajstić information content (AvgIpc) is 3.36. The SMILES string of the molecule is COC(=O)CCC(C)[C@H]1CCC2C3C[C@@H](O)[C@H]4C[C@@H](NCCCN5CCN(CCCCN)CC5)CC[C@]4(C)C3CC[C@@]21C. The fourth-order valence-electron chi connectivity index (χ4n) is 11.4. The van der Waals surface area contributed by atoms with Crippen LogP contribution in [0.4, 0.5) is 0 Å². The van der Waals surface area contributed by atoms with E-state index in [0.29, 0.717) is 41.5 Å². The lowest BCUT2D eigenvalue weighted by molar-refractivity contribution is -0.162. The maximum atomic E-state index is 11.8. The molecular weight excluding hydrogens is 536 g/mol. The molecule has 7 nitrogen and oxygen atoms in total. The van der Waals surface area contributed by atoms with E-state index in [1.165, 1.54) is 97.7 Å². The van der Waals surface area contributed by atoms with Crippen LogP contribution in [0, 0.1) is 46.3 Å². The summed E-state index contributed by atoms with van der Waals surface area (Å²) in [5.41, 5.74) is 6.29. The number of aliphatic hydroxyl groups excluding tert-OH is 1. The molecule has 10 atom stereocenters. The number of nitrogens with zero attached hydrogens (tertiary/aromatic N) is 2. The Balaban J connectivity index is 1.08. The van der Waals surface area contributed by atoms with E-state index in [4.69, 9.17) is 10.5 Å². The van der Waals surface area contributed by atoms with E-state index in [9.17, 15) is 9.90 Å². The van der Waals surface area contributed by atoms with Crippen LogP contribution in [0.2, 0.25) is 0 Å². The first-order valence-corrected chi connectivity index (χ1v) is 18.3. The minimum atomic E-state index is -0.157. The minimum absolute atomic E-state index is 0.0712. The predicted octanol–water partition coefficient (Wildman–Crippen LogP) is 4.91. The predicted molar refractivity (Wildman–Crippen MR) is 175 cm³/mol. The van der Waals surface area contributed by atoms with E-state index in [2.05, 4.69) is 35.9 Å². The highest BCUT2D eigenvalue weighted by Gasteiger charge is 2.62. The lowest BCUT2D eigenvalue weighted by Crippen LogP contribution is -2.59. The van der Waals surface area contributed by atoms with Gasteiger partial charge in [-0.05, 0) is 150 Å². The van der Waals surface area contributed by atoms with Crippen molar-refractivity contribution in [2.75, 3.05) is 59.5 Å². The highest BCUT2D eigenvalue weighted by atomic mass is 16.5. The van der Waals surface area contributed by atoms with Crippen molar-refractivity contribution in [1.29, 1.82) is 0 Å². The first-order valence-electron chi connectivity index (χ1n) is 18.3. The van der Waals surface area contributed by atoms with Crippen molar-refractivity contribution in [3.63, 3.8) is 0 Å². The van der Waals surface area contributed by atoms with Gasteiger partial charge in [0.15, 0.2) is 0 Å². The van der Waals surface area contributed by atoms with Crippen molar-refractivity contribution in [2.24, 2.45) is 52.1 Å². The van der Waals surface area contributed by atoms with Gasteiger partial charge in [-0.3, -0.25) is 4.79 Å². The number of esters is 1. The van der Waals surface area contributed by atoms with E-state index in [0.717, 1.165) is 50.6 Å². The van der Waals surface area contributed by atoms with Gasteiger partial charge in [0.25, 0.3) is 0 Å². The fraction of sp³-hybridized carbons (Fsp3) is 0.972. The Morgan fingerprint density at radius 1 is 0.930 bits per heavy atom. The molecule has 0 aromatic rings. The van der Waals surface area contributed by atoms with Crippen LogP contribution in [0.25, 0.3) is 0 Å². The third-order valence-corrected chi connectivity index (χ3v) is 13.9. The monoisotopic (exact) mass is 603 g/mol. The molecule has 43 heavy (non-hydrogen) atoms. The Kier molecular flexibility index (Phi) is 11.6. The topological polar surface area (TPSA) is 91.1 Å². The molecule has 7 heteroatoms. The smallest absolute Gasteiger partial charge is 0.305 e. The molecule has 0 aromatic heterocycles. The molecule has 0 radical (unpaired) electrons. The van der Waals surface area contributed by atoms with Crippen LogP contribution in [0.3, 0.4) is 0 Å². The van der Waals surface area contributed by atoms with E-state index >= 15 is 0 Å². The summed E-state index contributed by atoms with van der Waals surface area (Å²) in [6.45, 7) is 16.7. The molecule has 1 heterocycles. The molecule has 4 aliphatic carbocycles. The first kappa shape index (κ1) is 33.6. The molecule has 1 saturated heterocycles. The lowest BCUT2D eigenvalue weighted by Gasteiger charge is -2.62. The Bertz CT molecular complexity index is 896. The van der Waals surface area contributed by atoms with Crippen molar-refractivity contribution >= 4 is 5.97 Å². The zero-order valence-electron chi connectivity index (χ0n) is 28.2. The summed E-state index contributed by atoms with van der Waals surface area (Å²) < 4.78 is 4.94. The van der Waals surface area contributed by atoms with Crippen molar-refractivity contribution in [3.8, 4) is 0 Å². The molecule has 5 rings (SSSR count). The Hall–Kier alpha value is -0.730.